The molecule has 1 unspecified atom stereocenters. The van der Waals surface area contributed by atoms with E-state index in [1.165, 1.54) is 0 Å². The summed E-state index contributed by atoms with van der Waals surface area (Å²) in [7, 11) is 1.56. The summed E-state index contributed by atoms with van der Waals surface area (Å²) < 4.78 is 16.0. The molecular formula is C15H24O5. The zero-order valence-corrected chi connectivity index (χ0v) is 12.5. The van der Waals surface area contributed by atoms with Crippen LogP contribution >= 0.6 is 0 Å². The number of ether oxygens (including phenoxy) is 3. The van der Waals surface area contributed by atoms with E-state index in [1.54, 1.807) is 32.2 Å². The van der Waals surface area contributed by atoms with E-state index in [1.807, 2.05) is 13.8 Å². The molecule has 0 aliphatic heterocycles. The minimum absolute atomic E-state index is 0.0643. The average molecular weight is 284 g/mol. The van der Waals surface area contributed by atoms with Gasteiger partial charge < -0.3 is 24.4 Å². The van der Waals surface area contributed by atoms with Crippen LogP contribution in [0.1, 0.15) is 32.4 Å². The molecule has 5 nitrogen and oxygen atoms in total. The molecule has 0 aliphatic rings. The van der Waals surface area contributed by atoms with E-state index in [2.05, 4.69) is 0 Å². The molecular weight excluding hydrogens is 260 g/mol. The molecule has 0 heterocycles. The van der Waals surface area contributed by atoms with Crippen molar-refractivity contribution in [2.75, 3.05) is 20.3 Å². The standard InChI is InChI=1S/C15H24O5/c1-10(2)19-8-12(17)9-20-15-7-13(18-4)5-6-14(15)11(3)16/h5-7,10-12,16-17H,8-9H2,1-4H3/t11-,12?/m1/s1. The van der Waals surface area contributed by atoms with Crippen molar-refractivity contribution in [3.05, 3.63) is 23.8 Å². The van der Waals surface area contributed by atoms with Crippen LogP contribution < -0.4 is 9.47 Å². The first-order chi connectivity index (χ1) is 9.43. The van der Waals surface area contributed by atoms with E-state index in [-0.39, 0.29) is 19.3 Å². The molecule has 0 radical (unpaired) electrons. The van der Waals surface area contributed by atoms with Crippen molar-refractivity contribution in [3.8, 4) is 11.5 Å². The maximum atomic E-state index is 9.77. The molecule has 1 aromatic carbocycles. The van der Waals surface area contributed by atoms with E-state index in [4.69, 9.17) is 14.2 Å². The summed E-state index contributed by atoms with van der Waals surface area (Å²) in [5.74, 6) is 1.14. The molecule has 5 heteroatoms. The maximum absolute atomic E-state index is 9.77. The Morgan fingerprint density at radius 2 is 1.80 bits per heavy atom. The quantitative estimate of drug-likeness (QED) is 0.763. The van der Waals surface area contributed by atoms with Crippen molar-refractivity contribution in [3.63, 3.8) is 0 Å². The molecule has 0 saturated heterocycles. The number of hydrogen-bond acceptors (Lipinski definition) is 5. The Kier molecular flexibility index (Phi) is 6.78. The summed E-state index contributed by atoms with van der Waals surface area (Å²) in [5.41, 5.74) is 0.655. The minimum Gasteiger partial charge on any atom is -0.497 e. The van der Waals surface area contributed by atoms with E-state index in [9.17, 15) is 10.2 Å². The molecule has 1 aromatic rings. The molecule has 0 amide bonds. The van der Waals surface area contributed by atoms with Crippen molar-refractivity contribution in [2.45, 2.75) is 39.1 Å². The van der Waals surface area contributed by atoms with Crippen LogP contribution in [0, 0.1) is 0 Å². The third-order valence-corrected chi connectivity index (χ3v) is 2.72. The highest BCUT2D eigenvalue weighted by molar-refractivity contribution is 5.41. The second kappa shape index (κ2) is 8.09. The second-order valence-corrected chi connectivity index (χ2v) is 4.93. The summed E-state index contributed by atoms with van der Waals surface area (Å²) in [6.45, 7) is 5.78. The van der Waals surface area contributed by atoms with E-state index in [0.717, 1.165) is 0 Å². The van der Waals surface area contributed by atoms with Crippen LogP contribution in [-0.2, 0) is 4.74 Å². The number of benzene rings is 1. The fourth-order valence-corrected chi connectivity index (χ4v) is 1.65. The topological polar surface area (TPSA) is 68.2 Å². The molecule has 0 aliphatic carbocycles. The van der Waals surface area contributed by atoms with Crippen molar-refractivity contribution >= 4 is 0 Å². The summed E-state index contributed by atoms with van der Waals surface area (Å²) in [5, 5.41) is 19.5. The summed E-state index contributed by atoms with van der Waals surface area (Å²) in [6, 6.07) is 5.20. The summed E-state index contributed by atoms with van der Waals surface area (Å²) >= 11 is 0. The Morgan fingerprint density at radius 3 is 2.35 bits per heavy atom. The smallest absolute Gasteiger partial charge is 0.128 e. The predicted molar refractivity (Wildman–Crippen MR) is 76.2 cm³/mol. The lowest BCUT2D eigenvalue weighted by Gasteiger charge is -2.18. The van der Waals surface area contributed by atoms with Gasteiger partial charge in [0.2, 0.25) is 0 Å². The van der Waals surface area contributed by atoms with Gasteiger partial charge in [0, 0.05) is 11.6 Å². The van der Waals surface area contributed by atoms with Gasteiger partial charge in [0.25, 0.3) is 0 Å². The summed E-state index contributed by atoms with van der Waals surface area (Å²) in [6.07, 6.45) is -1.31. The highest BCUT2D eigenvalue weighted by atomic mass is 16.5. The Labute approximate surface area is 120 Å². The van der Waals surface area contributed by atoms with Crippen molar-refractivity contribution in [2.24, 2.45) is 0 Å². The van der Waals surface area contributed by atoms with Gasteiger partial charge in [-0.3, -0.25) is 0 Å². The highest BCUT2D eigenvalue weighted by Crippen LogP contribution is 2.29. The lowest BCUT2D eigenvalue weighted by molar-refractivity contribution is -0.0126. The number of aliphatic hydroxyl groups excluding tert-OH is 2. The third kappa shape index (κ3) is 5.36. The van der Waals surface area contributed by atoms with Crippen LogP contribution in [0.3, 0.4) is 0 Å². The fourth-order valence-electron chi connectivity index (χ4n) is 1.65. The predicted octanol–water partition coefficient (Wildman–Crippen LogP) is 1.91. The van der Waals surface area contributed by atoms with Crippen LogP contribution in [0.25, 0.3) is 0 Å². The van der Waals surface area contributed by atoms with Crippen LogP contribution in [-0.4, -0.2) is 42.7 Å². The van der Waals surface area contributed by atoms with Crippen LogP contribution in [0.15, 0.2) is 18.2 Å². The van der Waals surface area contributed by atoms with Crippen molar-refractivity contribution in [1.29, 1.82) is 0 Å². The number of aliphatic hydroxyl groups is 2. The Bertz CT molecular complexity index is 403. The molecule has 0 bridgehead atoms. The highest BCUT2D eigenvalue weighted by Gasteiger charge is 2.13. The first-order valence-electron chi connectivity index (χ1n) is 6.72. The largest absolute Gasteiger partial charge is 0.497 e. The number of methoxy groups -OCH3 is 1. The van der Waals surface area contributed by atoms with Crippen LogP contribution in [0.4, 0.5) is 0 Å². The van der Waals surface area contributed by atoms with E-state index in [0.29, 0.717) is 17.1 Å². The normalized spacial score (nSPS) is 14.2. The van der Waals surface area contributed by atoms with Crippen LogP contribution in [0.2, 0.25) is 0 Å². The Morgan fingerprint density at radius 1 is 1.10 bits per heavy atom. The molecule has 0 saturated carbocycles. The Hall–Kier alpha value is -1.30. The lowest BCUT2D eigenvalue weighted by Crippen LogP contribution is -2.25. The van der Waals surface area contributed by atoms with Gasteiger partial charge in [-0.2, -0.15) is 0 Å². The van der Waals surface area contributed by atoms with Gasteiger partial charge in [-0.25, -0.2) is 0 Å². The summed E-state index contributed by atoms with van der Waals surface area (Å²) in [4.78, 5) is 0. The Balaban J connectivity index is 2.65. The number of rotatable bonds is 8. The van der Waals surface area contributed by atoms with Gasteiger partial charge in [-0.1, -0.05) is 0 Å². The van der Waals surface area contributed by atoms with Crippen molar-refractivity contribution in [1.82, 2.24) is 0 Å². The van der Waals surface area contributed by atoms with Gasteiger partial charge in [-0.05, 0) is 32.9 Å². The van der Waals surface area contributed by atoms with E-state index < -0.39 is 12.2 Å². The third-order valence-electron chi connectivity index (χ3n) is 2.72. The van der Waals surface area contributed by atoms with Gasteiger partial charge >= 0.3 is 0 Å². The van der Waals surface area contributed by atoms with Crippen molar-refractivity contribution < 1.29 is 24.4 Å². The molecule has 0 aromatic heterocycles. The maximum Gasteiger partial charge on any atom is 0.128 e. The minimum atomic E-state index is -0.717. The molecule has 114 valence electrons. The molecule has 0 spiro atoms. The molecule has 2 atom stereocenters. The molecule has 1 rings (SSSR count). The molecule has 20 heavy (non-hydrogen) atoms. The average Bonchev–Trinajstić information content (AvgIpc) is 2.42. The first-order valence-corrected chi connectivity index (χ1v) is 6.72. The second-order valence-electron chi connectivity index (χ2n) is 4.93. The van der Waals surface area contributed by atoms with Gasteiger partial charge in [0.1, 0.15) is 24.2 Å². The number of hydrogen-bond donors (Lipinski definition) is 2. The van der Waals surface area contributed by atoms with Crippen LogP contribution in [0.5, 0.6) is 11.5 Å². The van der Waals surface area contributed by atoms with Gasteiger partial charge in [0.05, 0.1) is 25.9 Å². The molecule has 0 fully saturated rings. The fraction of sp³-hybridized carbons (Fsp3) is 0.600. The van der Waals surface area contributed by atoms with Gasteiger partial charge in [-0.15, -0.1) is 0 Å². The first kappa shape index (κ1) is 16.8. The lowest BCUT2D eigenvalue weighted by atomic mass is 10.1. The zero-order valence-electron chi connectivity index (χ0n) is 12.5. The van der Waals surface area contributed by atoms with E-state index >= 15 is 0 Å². The zero-order chi connectivity index (χ0) is 15.1. The SMILES string of the molecule is COc1ccc([C@@H](C)O)c(OCC(O)COC(C)C)c1. The van der Waals surface area contributed by atoms with Gasteiger partial charge in [0.15, 0.2) is 0 Å². The monoisotopic (exact) mass is 284 g/mol. The molecule has 2 N–H and O–H groups in total.